The van der Waals surface area contributed by atoms with Gasteiger partial charge >= 0.3 is 12.0 Å². The highest BCUT2D eigenvalue weighted by Gasteiger charge is 2.23. The van der Waals surface area contributed by atoms with Crippen molar-refractivity contribution in [1.82, 2.24) is 14.9 Å². The van der Waals surface area contributed by atoms with Crippen molar-refractivity contribution in [2.45, 2.75) is 18.7 Å². The van der Waals surface area contributed by atoms with E-state index in [2.05, 4.69) is 21.2 Å². The molecule has 0 aliphatic carbocycles. The fourth-order valence-electron chi connectivity index (χ4n) is 1.74. The summed E-state index contributed by atoms with van der Waals surface area (Å²) in [7, 11) is -1.05. The lowest BCUT2D eigenvalue weighted by Crippen LogP contribution is -2.42. The van der Waals surface area contributed by atoms with Gasteiger partial charge in [-0.3, -0.25) is 10.1 Å². The highest BCUT2D eigenvalue weighted by Crippen LogP contribution is 2.25. The average molecular weight is 464 g/mol. The van der Waals surface area contributed by atoms with Gasteiger partial charge in [0.1, 0.15) is 0 Å². The summed E-state index contributed by atoms with van der Waals surface area (Å²) in [6.07, 6.45) is 0. The van der Waals surface area contributed by atoms with E-state index in [4.69, 9.17) is 4.74 Å². The highest BCUT2D eigenvalue weighted by atomic mass is 79.9. The van der Waals surface area contributed by atoms with Crippen molar-refractivity contribution in [2.24, 2.45) is 5.92 Å². The minimum Gasteiger partial charge on any atom is -0.452 e. The lowest BCUT2D eigenvalue weighted by molar-refractivity contribution is -0.123. The number of carbonyl (C=O) groups excluding carboxylic acids is 3. The molecule has 11 heteroatoms. The van der Waals surface area contributed by atoms with Gasteiger partial charge < -0.3 is 10.1 Å². The molecule has 2 N–H and O–H groups in total. The number of nitrogens with one attached hydrogen (secondary N) is 2. The largest absolute Gasteiger partial charge is 0.452 e. The summed E-state index contributed by atoms with van der Waals surface area (Å²) in [6.45, 7) is 3.50. The number of sulfonamides is 1. The highest BCUT2D eigenvalue weighted by molar-refractivity contribution is 9.10. The Hall–Kier alpha value is -1.98. The molecule has 3 amide bonds. The Kier molecular flexibility index (Phi) is 8.38. The Balaban J connectivity index is 2.73. The topological polar surface area (TPSA) is 122 Å². The van der Waals surface area contributed by atoms with Gasteiger partial charge in [0, 0.05) is 25.1 Å². The molecular formula is C16H22BrN3O6S. The van der Waals surface area contributed by atoms with E-state index in [1.54, 1.807) is 0 Å². The molecule has 0 radical (unpaired) electrons. The standard InChI is InChI=1S/C16H22BrN3O6S/c1-10(2)8-18-16(23)19-14(21)9-26-15(22)11-5-6-12(17)13(7-11)27(24,25)20(3)4/h5-7,10H,8-9H2,1-4H3,(H2,18,19,21,23). The van der Waals surface area contributed by atoms with E-state index in [9.17, 15) is 22.8 Å². The molecule has 0 aliphatic heterocycles. The van der Waals surface area contributed by atoms with Gasteiger partial charge in [-0.2, -0.15) is 0 Å². The van der Waals surface area contributed by atoms with Crippen molar-refractivity contribution >= 4 is 43.9 Å². The van der Waals surface area contributed by atoms with Crippen LogP contribution in [0.1, 0.15) is 24.2 Å². The zero-order chi connectivity index (χ0) is 20.8. The van der Waals surface area contributed by atoms with Crippen molar-refractivity contribution in [1.29, 1.82) is 0 Å². The fraction of sp³-hybridized carbons (Fsp3) is 0.438. The van der Waals surface area contributed by atoms with E-state index in [0.717, 1.165) is 10.4 Å². The van der Waals surface area contributed by atoms with Gasteiger partial charge in [0.2, 0.25) is 10.0 Å². The quantitative estimate of drug-likeness (QED) is 0.588. The monoisotopic (exact) mass is 463 g/mol. The van der Waals surface area contributed by atoms with Crippen LogP contribution in [0, 0.1) is 5.92 Å². The second-order valence-electron chi connectivity index (χ2n) is 6.16. The molecule has 27 heavy (non-hydrogen) atoms. The van der Waals surface area contributed by atoms with Crippen LogP contribution in [0.15, 0.2) is 27.6 Å². The van der Waals surface area contributed by atoms with E-state index in [-0.39, 0.29) is 20.8 Å². The summed E-state index contributed by atoms with van der Waals surface area (Å²) in [5.41, 5.74) is -0.0457. The normalized spacial score (nSPS) is 11.4. The molecular weight excluding hydrogens is 442 g/mol. The Bertz CT molecular complexity index is 823. The number of esters is 1. The minimum atomic E-state index is -3.78. The molecule has 0 spiro atoms. The van der Waals surface area contributed by atoms with Gasteiger partial charge in [-0.1, -0.05) is 13.8 Å². The number of ether oxygens (including phenoxy) is 1. The summed E-state index contributed by atoms with van der Waals surface area (Å²) < 4.78 is 30.6. The maximum Gasteiger partial charge on any atom is 0.338 e. The molecule has 150 valence electrons. The zero-order valence-electron chi connectivity index (χ0n) is 15.4. The van der Waals surface area contributed by atoms with Crippen LogP contribution in [-0.4, -0.2) is 57.9 Å². The first-order valence-corrected chi connectivity index (χ1v) is 10.1. The number of imide groups is 1. The molecule has 0 aromatic heterocycles. The number of nitrogens with zero attached hydrogens (tertiary/aromatic N) is 1. The van der Waals surface area contributed by atoms with Crippen molar-refractivity contribution in [2.75, 3.05) is 27.2 Å². The molecule has 1 rings (SSSR count). The first-order chi connectivity index (χ1) is 12.4. The summed E-state index contributed by atoms with van der Waals surface area (Å²) in [5.74, 6) is -1.48. The maximum absolute atomic E-state index is 12.3. The number of amides is 3. The number of hydrogen-bond acceptors (Lipinski definition) is 6. The van der Waals surface area contributed by atoms with Gasteiger partial charge in [-0.05, 0) is 40.0 Å². The van der Waals surface area contributed by atoms with Crippen molar-refractivity contribution in [3.05, 3.63) is 28.2 Å². The molecule has 0 fully saturated rings. The van der Waals surface area contributed by atoms with Gasteiger partial charge in [-0.25, -0.2) is 22.3 Å². The number of rotatable bonds is 7. The van der Waals surface area contributed by atoms with Crippen LogP contribution < -0.4 is 10.6 Å². The molecule has 1 aromatic carbocycles. The van der Waals surface area contributed by atoms with Crippen molar-refractivity contribution < 1.29 is 27.5 Å². The second kappa shape index (κ2) is 9.81. The van der Waals surface area contributed by atoms with E-state index in [0.29, 0.717) is 6.54 Å². The van der Waals surface area contributed by atoms with E-state index in [1.807, 2.05) is 19.2 Å². The Morgan fingerprint density at radius 3 is 2.41 bits per heavy atom. The zero-order valence-corrected chi connectivity index (χ0v) is 17.8. The first kappa shape index (κ1) is 23.1. The number of benzene rings is 1. The lowest BCUT2D eigenvalue weighted by atomic mass is 10.2. The Morgan fingerprint density at radius 2 is 1.85 bits per heavy atom. The Morgan fingerprint density at radius 1 is 1.22 bits per heavy atom. The third kappa shape index (κ3) is 6.92. The van der Waals surface area contributed by atoms with Crippen LogP contribution in [0.25, 0.3) is 0 Å². The van der Waals surface area contributed by atoms with Crippen LogP contribution in [0.5, 0.6) is 0 Å². The predicted molar refractivity (Wildman–Crippen MR) is 102 cm³/mol. The van der Waals surface area contributed by atoms with Crippen LogP contribution >= 0.6 is 15.9 Å². The summed E-state index contributed by atoms with van der Waals surface area (Å²) in [6, 6.07) is 3.21. The van der Waals surface area contributed by atoms with Gasteiger partial charge in [-0.15, -0.1) is 0 Å². The summed E-state index contributed by atoms with van der Waals surface area (Å²) in [5, 5.41) is 4.51. The average Bonchev–Trinajstić information content (AvgIpc) is 2.57. The molecule has 1 aromatic rings. The molecule has 9 nitrogen and oxygen atoms in total. The van der Waals surface area contributed by atoms with E-state index in [1.165, 1.54) is 26.2 Å². The molecule has 0 heterocycles. The number of hydrogen-bond donors (Lipinski definition) is 2. The van der Waals surface area contributed by atoms with Crippen LogP contribution in [0.4, 0.5) is 4.79 Å². The molecule has 0 saturated heterocycles. The number of carbonyl (C=O) groups is 3. The van der Waals surface area contributed by atoms with Crippen LogP contribution in [0.3, 0.4) is 0 Å². The summed E-state index contributed by atoms with van der Waals surface area (Å²) >= 11 is 3.13. The summed E-state index contributed by atoms with van der Waals surface area (Å²) in [4.78, 5) is 35.1. The van der Waals surface area contributed by atoms with Gasteiger partial charge in [0.05, 0.1) is 10.5 Å². The Labute approximate surface area is 166 Å². The lowest BCUT2D eigenvalue weighted by Gasteiger charge is -2.14. The SMILES string of the molecule is CC(C)CNC(=O)NC(=O)COC(=O)c1ccc(Br)c(S(=O)(=O)N(C)C)c1. The molecule has 0 aliphatic rings. The first-order valence-electron chi connectivity index (χ1n) is 7.92. The van der Waals surface area contributed by atoms with Gasteiger partial charge in [0.15, 0.2) is 6.61 Å². The fourth-order valence-corrected chi connectivity index (χ4v) is 3.59. The smallest absolute Gasteiger partial charge is 0.338 e. The minimum absolute atomic E-state index is 0.0457. The van der Waals surface area contributed by atoms with Crippen LogP contribution in [-0.2, 0) is 19.6 Å². The molecule has 0 bridgehead atoms. The van der Waals surface area contributed by atoms with Gasteiger partial charge in [0.25, 0.3) is 5.91 Å². The van der Waals surface area contributed by atoms with Crippen molar-refractivity contribution in [3.63, 3.8) is 0 Å². The maximum atomic E-state index is 12.3. The molecule has 0 atom stereocenters. The third-order valence-electron chi connectivity index (χ3n) is 3.18. The molecule has 0 saturated carbocycles. The number of halogens is 1. The third-order valence-corrected chi connectivity index (χ3v) is 5.99. The second-order valence-corrected chi connectivity index (χ2v) is 9.14. The predicted octanol–water partition coefficient (Wildman–Crippen LogP) is 1.34. The molecule has 0 unspecified atom stereocenters. The number of urea groups is 1. The van der Waals surface area contributed by atoms with Crippen LogP contribution in [0.2, 0.25) is 0 Å². The van der Waals surface area contributed by atoms with Crippen molar-refractivity contribution in [3.8, 4) is 0 Å². The van der Waals surface area contributed by atoms with E-state index >= 15 is 0 Å². The van der Waals surface area contributed by atoms with E-state index < -0.39 is 34.5 Å².